The fraction of sp³-hybridized carbons (Fsp3) is 0.0455. The molecule has 11 rings (SSSR count). The molecule has 0 radical (unpaired) electrons. The molecule has 2 unspecified atom stereocenters. The Morgan fingerprint density at radius 2 is 0.717 bits per heavy atom. The second-order valence-electron chi connectivity index (χ2n) is 12.7. The number of carbonyl (C=O) groups is 2. The van der Waals surface area contributed by atoms with Crippen LogP contribution in [-0.2, 0) is 9.59 Å². The van der Waals surface area contributed by atoms with Gasteiger partial charge in [0.25, 0.3) is 0 Å². The van der Waals surface area contributed by atoms with Crippen LogP contribution in [0, 0.1) is 0 Å². The Labute approximate surface area is 265 Å². The number of carbonyl (C=O) groups excluding carboxylic acids is 2. The summed E-state index contributed by atoms with van der Waals surface area (Å²) < 4.78 is 0. The molecule has 8 aromatic carbocycles. The van der Waals surface area contributed by atoms with Gasteiger partial charge in [0, 0.05) is 0 Å². The van der Waals surface area contributed by atoms with E-state index in [1.807, 2.05) is 0 Å². The molecular formula is C44H26O2. The highest BCUT2D eigenvalue weighted by Crippen LogP contribution is 2.51. The zero-order valence-electron chi connectivity index (χ0n) is 24.8. The molecule has 3 aliphatic carbocycles. The molecule has 2 atom stereocenters. The van der Waals surface area contributed by atoms with Gasteiger partial charge < -0.3 is 0 Å². The van der Waals surface area contributed by atoms with Crippen LogP contribution in [-0.4, -0.2) is 11.6 Å². The van der Waals surface area contributed by atoms with Crippen LogP contribution < -0.4 is 0 Å². The Hall–Kier alpha value is -5.86. The first-order chi connectivity index (χ1) is 22.6. The van der Waals surface area contributed by atoms with Crippen molar-refractivity contribution >= 4 is 54.7 Å². The van der Waals surface area contributed by atoms with Gasteiger partial charge in [0.05, 0.1) is 11.8 Å². The normalized spacial score (nSPS) is 16.8. The van der Waals surface area contributed by atoms with Gasteiger partial charge in [-0.1, -0.05) is 109 Å². The van der Waals surface area contributed by atoms with Crippen LogP contribution in [0.3, 0.4) is 0 Å². The minimum atomic E-state index is -0.580. The van der Waals surface area contributed by atoms with Gasteiger partial charge in [-0.2, -0.15) is 0 Å². The third kappa shape index (κ3) is 3.53. The molecule has 0 amide bonds. The van der Waals surface area contributed by atoms with Crippen molar-refractivity contribution in [2.24, 2.45) is 0 Å². The summed E-state index contributed by atoms with van der Waals surface area (Å²) in [5.74, 6) is -1.75. The van der Waals surface area contributed by atoms with Crippen LogP contribution in [0.2, 0.25) is 0 Å². The predicted octanol–water partition coefficient (Wildman–Crippen LogP) is 10.4. The molecule has 0 aromatic heterocycles. The summed E-state index contributed by atoms with van der Waals surface area (Å²) in [6.45, 7) is 0. The number of hydrogen-bond acceptors (Lipinski definition) is 2. The molecule has 46 heavy (non-hydrogen) atoms. The van der Waals surface area contributed by atoms with Crippen molar-refractivity contribution < 1.29 is 9.59 Å². The molecule has 2 nitrogen and oxygen atoms in total. The third-order valence-corrected chi connectivity index (χ3v) is 10.3. The summed E-state index contributed by atoms with van der Waals surface area (Å²) in [5.41, 5.74) is 8.22. The number of ketones is 2. The number of rotatable bonds is 2. The van der Waals surface area contributed by atoms with E-state index in [0.717, 1.165) is 44.5 Å². The van der Waals surface area contributed by atoms with E-state index in [0.29, 0.717) is 0 Å². The van der Waals surface area contributed by atoms with Crippen LogP contribution in [0.5, 0.6) is 0 Å². The summed E-state index contributed by atoms with van der Waals surface area (Å²) in [6, 6.07) is 51.4. The molecular weight excluding hydrogens is 560 g/mol. The molecule has 8 aromatic rings. The third-order valence-electron chi connectivity index (χ3n) is 10.3. The van der Waals surface area contributed by atoms with E-state index in [1.54, 1.807) is 0 Å². The lowest BCUT2D eigenvalue weighted by molar-refractivity contribution is -0.138. The molecule has 2 heteroatoms. The average molecular weight is 587 g/mol. The first kappa shape index (κ1) is 25.5. The topological polar surface area (TPSA) is 34.1 Å². The van der Waals surface area contributed by atoms with Crippen molar-refractivity contribution in [1.82, 2.24) is 0 Å². The van der Waals surface area contributed by atoms with E-state index >= 15 is 0 Å². The molecule has 0 saturated heterocycles. The minimum absolute atomic E-state index is 0.296. The van der Waals surface area contributed by atoms with Crippen LogP contribution in [0.15, 0.2) is 146 Å². The summed E-state index contributed by atoms with van der Waals surface area (Å²) in [7, 11) is 0. The zero-order valence-corrected chi connectivity index (χ0v) is 24.8. The Kier molecular flexibility index (Phi) is 5.16. The van der Waals surface area contributed by atoms with Crippen molar-refractivity contribution in [3.63, 3.8) is 0 Å². The summed E-state index contributed by atoms with van der Waals surface area (Å²) in [4.78, 5) is 27.2. The van der Waals surface area contributed by atoms with Gasteiger partial charge in [-0.05, 0) is 124 Å². The first-order valence-electron chi connectivity index (χ1n) is 15.8. The van der Waals surface area contributed by atoms with Crippen LogP contribution in [0.1, 0.15) is 34.1 Å². The molecule has 0 N–H and O–H groups in total. The Morgan fingerprint density at radius 1 is 0.326 bits per heavy atom. The van der Waals surface area contributed by atoms with E-state index in [-0.39, 0.29) is 11.6 Å². The lowest BCUT2D eigenvalue weighted by Crippen LogP contribution is -2.40. The van der Waals surface area contributed by atoms with Gasteiger partial charge in [-0.15, -0.1) is 0 Å². The van der Waals surface area contributed by atoms with E-state index in [2.05, 4.69) is 146 Å². The molecule has 2 bridgehead atoms. The van der Waals surface area contributed by atoms with Crippen molar-refractivity contribution in [3.8, 4) is 22.3 Å². The Balaban J connectivity index is 1.12. The number of hydrogen-bond donors (Lipinski definition) is 0. The fourth-order valence-electron chi connectivity index (χ4n) is 8.13. The lowest BCUT2D eigenvalue weighted by atomic mass is 9.62. The Bertz CT molecular complexity index is 2460. The zero-order chi connectivity index (χ0) is 30.5. The molecule has 0 aliphatic heterocycles. The van der Waals surface area contributed by atoms with Gasteiger partial charge in [0.15, 0.2) is 0 Å². The number of fused-ring (bicyclic) bond motifs is 5. The highest BCUT2D eigenvalue weighted by molar-refractivity contribution is 6.45. The van der Waals surface area contributed by atoms with Gasteiger partial charge in [0.1, 0.15) is 0 Å². The molecule has 214 valence electrons. The van der Waals surface area contributed by atoms with E-state index in [4.69, 9.17) is 0 Å². The second kappa shape index (κ2) is 9.32. The molecule has 3 aliphatic rings. The van der Waals surface area contributed by atoms with Crippen molar-refractivity contribution in [1.29, 1.82) is 0 Å². The molecule has 0 saturated carbocycles. The van der Waals surface area contributed by atoms with E-state index < -0.39 is 11.8 Å². The highest BCUT2D eigenvalue weighted by atomic mass is 16.2. The van der Waals surface area contributed by atoms with E-state index in [9.17, 15) is 9.59 Å². The van der Waals surface area contributed by atoms with Crippen molar-refractivity contribution in [3.05, 3.63) is 168 Å². The summed E-state index contributed by atoms with van der Waals surface area (Å²) >= 11 is 0. The molecule has 0 spiro atoms. The molecule has 0 fully saturated rings. The van der Waals surface area contributed by atoms with Crippen LogP contribution >= 0.6 is 0 Å². The lowest BCUT2D eigenvalue weighted by Gasteiger charge is -2.38. The Morgan fingerprint density at radius 3 is 1.15 bits per heavy atom. The van der Waals surface area contributed by atoms with Gasteiger partial charge in [-0.25, -0.2) is 0 Å². The highest BCUT2D eigenvalue weighted by Gasteiger charge is 2.49. The quantitative estimate of drug-likeness (QED) is 0.149. The monoisotopic (exact) mass is 586 g/mol. The van der Waals surface area contributed by atoms with Crippen LogP contribution in [0.4, 0.5) is 0 Å². The van der Waals surface area contributed by atoms with Crippen molar-refractivity contribution in [2.75, 3.05) is 0 Å². The second-order valence-corrected chi connectivity index (χ2v) is 12.7. The smallest absolute Gasteiger partial charge is 0.211 e. The largest absolute Gasteiger partial charge is 0.290 e. The SMILES string of the molecule is O=C1C(=O)C2c3ccc(-c4cccc5cc6ccccc6cc45)cc3C1c1ccc(-c3cccc4cc5ccccc5cc34)cc12. The predicted molar refractivity (Wildman–Crippen MR) is 187 cm³/mol. The number of Topliss-reactive ketones (excluding diaryl/α,β-unsaturated/α-hetero) is 2. The average Bonchev–Trinajstić information content (AvgIpc) is 3.10. The first-order valence-corrected chi connectivity index (χ1v) is 15.8. The maximum Gasteiger partial charge on any atom is 0.211 e. The van der Waals surface area contributed by atoms with E-state index in [1.165, 1.54) is 43.1 Å². The summed E-state index contributed by atoms with van der Waals surface area (Å²) in [6.07, 6.45) is 0. The maximum absolute atomic E-state index is 13.6. The van der Waals surface area contributed by atoms with Crippen LogP contribution in [0.25, 0.3) is 65.3 Å². The standard InChI is InChI=1S/C44H26O2/c45-43-41-36-18-16-32(34-14-6-12-30-20-26-8-2-4-10-28(26)22-38(30)34)24-40(36)42(44(43)46)35-17-15-31(23-39(35)41)33-13-5-11-29-19-25-7-1-3-9-27(25)21-37(29)33/h1-24,41-42H. The fourth-order valence-corrected chi connectivity index (χ4v) is 8.13. The summed E-state index contributed by atoms with van der Waals surface area (Å²) in [5, 5.41) is 9.55. The number of benzene rings is 8. The van der Waals surface area contributed by atoms with Gasteiger partial charge >= 0.3 is 0 Å². The molecule has 0 heterocycles. The van der Waals surface area contributed by atoms with Crippen molar-refractivity contribution in [2.45, 2.75) is 11.8 Å². The van der Waals surface area contributed by atoms with Gasteiger partial charge in [-0.3, -0.25) is 9.59 Å². The van der Waals surface area contributed by atoms with Gasteiger partial charge in [0.2, 0.25) is 11.6 Å². The minimum Gasteiger partial charge on any atom is -0.290 e. The maximum atomic E-state index is 13.6.